The van der Waals surface area contributed by atoms with E-state index in [2.05, 4.69) is 13.8 Å². The van der Waals surface area contributed by atoms with Crippen LogP contribution in [-0.2, 0) is 4.74 Å². The molecule has 0 aliphatic carbocycles. The number of hydrogen-bond donors (Lipinski definition) is 0. The second-order valence-corrected chi connectivity index (χ2v) is 5.80. The largest absolute Gasteiger partial charge is 0.456 e. The Balaban J connectivity index is 3.04. The summed E-state index contributed by atoms with van der Waals surface area (Å²) in [5.41, 5.74) is 1.01. The van der Waals surface area contributed by atoms with Crippen LogP contribution < -0.4 is 0 Å². The lowest BCUT2D eigenvalue weighted by atomic mass is 10.0. The van der Waals surface area contributed by atoms with Crippen LogP contribution in [0.25, 0.3) is 0 Å². The van der Waals surface area contributed by atoms with Crippen molar-refractivity contribution in [2.24, 2.45) is 0 Å². The lowest BCUT2D eigenvalue weighted by Gasteiger charge is -2.20. The molecule has 94 valence electrons. The normalized spacial score (nSPS) is 11.7. The number of halogens is 1. The Kier molecular flexibility index (Phi) is 4.21. The lowest BCUT2D eigenvalue weighted by molar-refractivity contribution is 0.00696. The Morgan fingerprint density at radius 1 is 1.29 bits per heavy atom. The van der Waals surface area contributed by atoms with E-state index >= 15 is 0 Å². The van der Waals surface area contributed by atoms with Gasteiger partial charge in [0, 0.05) is 0 Å². The maximum absolute atomic E-state index is 11.9. The van der Waals surface area contributed by atoms with Crippen molar-refractivity contribution in [3.05, 3.63) is 34.3 Å². The van der Waals surface area contributed by atoms with Gasteiger partial charge >= 0.3 is 5.97 Å². The Bertz CT molecular complexity index is 417. The summed E-state index contributed by atoms with van der Waals surface area (Å²) < 4.78 is 5.32. The molecule has 2 nitrogen and oxygen atoms in total. The minimum atomic E-state index is -0.506. The summed E-state index contributed by atoms with van der Waals surface area (Å²) in [5, 5.41) is 0.434. The smallest absolute Gasteiger partial charge is 0.340 e. The molecule has 0 aliphatic heterocycles. The third-order valence-corrected chi connectivity index (χ3v) is 2.61. The predicted octanol–water partition coefficient (Wildman–Crippen LogP) is 4.42. The summed E-state index contributed by atoms with van der Waals surface area (Å²) in [6.07, 6.45) is 0. The molecule has 1 aromatic rings. The Hall–Kier alpha value is -1.02. The van der Waals surface area contributed by atoms with Gasteiger partial charge in [-0.1, -0.05) is 31.5 Å². The molecule has 0 aromatic heterocycles. The fraction of sp³-hybridized carbons (Fsp3) is 0.500. The lowest BCUT2D eigenvalue weighted by Crippen LogP contribution is -2.24. The summed E-state index contributed by atoms with van der Waals surface area (Å²) in [5.74, 6) is -0.0153. The highest BCUT2D eigenvalue weighted by atomic mass is 35.5. The third-order valence-electron chi connectivity index (χ3n) is 2.28. The van der Waals surface area contributed by atoms with Crippen molar-refractivity contribution < 1.29 is 9.53 Å². The number of rotatable bonds is 2. The molecular formula is C14H19ClO2. The highest BCUT2D eigenvalue weighted by Gasteiger charge is 2.20. The molecular weight excluding hydrogens is 236 g/mol. The van der Waals surface area contributed by atoms with Gasteiger partial charge in [0.05, 0.1) is 10.6 Å². The first-order valence-corrected chi connectivity index (χ1v) is 6.11. The van der Waals surface area contributed by atoms with E-state index in [1.165, 1.54) is 0 Å². The van der Waals surface area contributed by atoms with Gasteiger partial charge in [-0.25, -0.2) is 4.79 Å². The molecule has 0 radical (unpaired) electrons. The average molecular weight is 255 g/mol. The number of carbonyl (C=O) groups excluding carboxylic acids is 1. The van der Waals surface area contributed by atoms with Gasteiger partial charge in [-0.2, -0.15) is 0 Å². The molecule has 0 spiro atoms. The van der Waals surface area contributed by atoms with E-state index in [-0.39, 0.29) is 5.97 Å². The summed E-state index contributed by atoms with van der Waals surface area (Å²) in [6.45, 7) is 9.66. The van der Waals surface area contributed by atoms with Crippen LogP contribution in [0.4, 0.5) is 0 Å². The van der Waals surface area contributed by atoms with Crippen LogP contribution in [-0.4, -0.2) is 11.6 Å². The Morgan fingerprint density at radius 2 is 1.88 bits per heavy atom. The van der Waals surface area contributed by atoms with Crippen molar-refractivity contribution in [1.82, 2.24) is 0 Å². The second kappa shape index (κ2) is 5.09. The molecule has 0 aliphatic rings. The molecule has 1 rings (SSSR count). The van der Waals surface area contributed by atoms with Gasteiger partial charge in [0.25, 0.3) is 0 Å². The molecule has 17 heavy (non-hydrogen) atoms. The van der Waals surface area contributed by atoms with Gasteiger partial charge in [-0.05, 0) is 44.4 Å². The van der Waals surface area contributed by atoms with Crippen LogP contribution in [0.3, 0.4) is 0 Å². The standard InChI is InChI=1S/C14H19ClO2/c1-9(2)10-6-7-12(15)11(8-10)13(16)17-14(3,4)5/h6-9H,1-5H3. The zero-order valence-corrected chi connectivity index (χ0v) is 11.8. The van der Waals surface area contributed by atoms with E-state index in [1.807, 2.05) is 26.8 Å². The monoisotopic (exact) mass is 254 g/mol. The zero-order chi connectivity index (χ0) is 13.2. The SMILES string of the molecule is CC(C)c1ccc(Cl)c(C(=O)OC(C)(C)C)c1. The number of esters is 1. The van der Waals surface area contributed by atoms with Gasteiger partial charge in [0.15, 0.2) is 0 Å². The first-order chi connectivity index (χ1) is 7.70. The molecule has 0 atom stereocenters. The number of hydrogen-bond acceptors (Lipinski definition) is 2. The number of carbonyl (C=O) groups is 1. The van der Waals surface area contributed by atoms with Crippen LogP contribution in [0.2, 0.25) is 5.02 Å². The summed E-state index contributed by atoms with van der Waals surface area (Å²) >= 11 is 6.02. The van der Waals surface area contributed by atoms with E-state index in [9.17, 15) is 4.79 Å². The van der Waals surface area contributed by atoms with Gasteiger partial charge in [-0.3, -0.25) is 0 Å². The molecule has 0 saturated carbocycles. The van der Waals surface area contributed by atoms with Crippen LogP contribution in [0.1, 0.15) is 56.5 Å². The van der Waals surface area contributed by atoms with Crippen molar-refractivity contribution in [3.63, 3.8) is 0 Å². The molecule has 1 aromatic carbocycles. The summed E-state index contributed by atoms with van der Waals surface area (Å²) in [4.78, 5) is 11.9. The van der Waals surface area contributed by atoms with Crippen LogP contribution in [0.15, 0.2) is 18.2 Å². The fourth-order valence-electron chi connectivity index (χ4n) is 1.39. The van der Waals surface area contributed by atoms with E-state index < -0.39 is 5.60 Å². The molecule has 0 N–H and O–H groups in total. The Labute approximate surface area is 108 Å². The minimum absolute atomic E-state index is 0.355. The highest BCUT2D eigenvalue weighted by Crippen LogP contribution is 2.24. The van der Waals surface area contributed by atoms with E-state index in [0.717, 1.165) is 5.56 Å². The first kappa shape index (κ1) is 14.0. The molecule has 0 saturated heterocycles. The van der Waals surface area contributed by atoms with Crippen LogP contribution in [0.5, 0.6) is 0 Å². The third kappa shape index (κ3) is 4.04. The maximum Gasteiger partial charge on any atom is 0.340 e. The molecule has 3 heteroatoms. The first-order valence-electron chi connectivity index (χ1n) is 5.73. The number of ether oxygens (including phenoxy) is 1. The Morgan fingerprint density at radius 3 is 2.35 bits per heavy atom. The maximum atomic E-state index is 11.9. The number of benzene rings is 1. The average Bonchev–Trinajstić information content (AvgIpc) is 2.14. The van der Waals surface area contributed by atoms with Crippen molar-refractivity contribution >= 4 is 17.6 Å². The zero-order valence-electron chi connectivity index (χ0n) is 11.0. The van der Waals surface area contributed by atoms with E-state index in [1.54, 1.807) is 12.1 Å². The van der Waals surface area contributed by atoms with Crippen molar-refractivity contribution in [1.29, 1.82) is 0 Å². The van der Waals surface area contributed by atoms with Crippen LogP contribution in [0, 0.1) is 0 Å². The summed E-state index contributed by atoms with van der Waals surface area (Å²) in [7, 11) is 0. The van der Waals surface area contributed by atoms with E-state index in [4.69, 9.17) is 16.3 Å². The van der Waals surface area contributed by atoms with Crippen molar-refractivity contribution in [2.45, 2.75) is 46.1 Å². The van der Waals surface area contributed by atoms with E-state index in [0.29, 0.717) is 16.5 Å². The fourth-order valence-corrected chi connectivity index (χ4v) is 1.59. The molecule has 0 unspecified atom stereocenters. The van der Waals surface area contributed by atoms with Crippen molar-refractivity contribution in [3.8, 4) is 0 Å². The predicted molar refractivity (Wildman–Crippen MR) is 70.7 cm³/mol. The van der Waals surface area contributed by atoms with Gasteiger partial charge in [0.2, 0.25) is 0 Å². The quantitative estimate of drug-likeness (QED) is 0.731. The molecule has 0 fully saturated rings. The van der Waals surface area contributed by atoms with Crippen molar-refractivity contribution in [2.75, 3.05) is 0 Å². The highest BCUT2D eigenvalue weighted by molar-refractivity contribution is 6.33. The molecule has 0 amide bonds. The summed E-state index contributed by atoms with van der Waals surface area (Å²) in [6, 6.07) is 5.48. The van der Waals surface area contributed by atoms with Gasteiger partial charge in [0.1, 0.15) is 5.60 Å². The minimum Gasteiger partial charge on any atom is -0.456 e. The molecule has 0 heterocycles. The van der Waals surface area contributed by atoms with Gasteiger partial charge < -0.3 is 4.74 Å². The molecule has 0 bridgehead atoms. The van der Waals surface area contributed by atoms with Crippen LogP contribution >= 0.6 is 11.6 Å². The second-order valence-electron chi connectivity index (χ2n) is 5.40. The topological polar surface area (TPSA) is 26.3 Å². The van der Waals surface area contributed by atoms with Gasteiger partial charge in [-0.15, -0.1) is 0 Å².